The zero-order valence-corrected chi connectivity index (χ0v) is 10.7. The predicted octanol–water partition coefficient (Wildman–Crippen LogP) is 1.06. The Balaban J connectivity index is 2.12. The number of anilines is 1. The largest absolute Gasteiger partial charge is 0.477 e. The lowest BCUT2D eigenvalue weighted by molar-refractivity contribution is 0.324. The van der Waals surface area contributed by atoms with E-state index in [2.05, 4.69) is 34.0 Å². The molecule has 0 aromatic carbocycles. The van der Waals surface area contributed by atoms with Crippen molar-refractivity contribution in [3.8, 4) is 5.88 Å². The fourth-order valence-electron chi connectivity index (χ4n) is 2.22. The smallest absolute Gasteiger partial charge is 0.234 e. The molecule has 1 aliphatic heterocycles. The first-order valence-corrected chi connectivity index (χ1v) is 6.15. The van der Waals surface area contributed by atoms with Crippen molar-refractivity contribution in [3.63, 3.8) is 0 Å². The molecule has 0 amide bonds. The van der Waals surface area contributed by atoms with E-state index >= 15 is 0 Å². The molecule has 1 fully saturated rings. The number of hydrogen-bond donors (Lipinski definition) is 1. The summed E-state index contributed by atoms with van der Waals surface area (Å²) in [5.74, 6) is 1.50. The first kappa shape index (κ1) is 12.1. The zero-order chi connectivity index (χ0) is 12.3. The van der Waals surface area contributed by atoms with Crippen LogP contribution in [-0.4, -0.2) is 41.7 Å². The number of hydrogen-bond acceptors (Lipinski definition) is 5. The molecule has 1 aromatic rings. The second-order valence-electron chi connectivity index (χ2n) is 4.52. The zero-order valence-electron chi connectivity index (χ0n) is 10.7. The third-order valence-corrected chi connectivity index (χ3v) is 2.77. The first-order valence-electron chi connectivity index (χ1n) is 6.15. The van der Waals surface area contributed by atoms with E-state index in [9.17, 15) is 0 Å². The molecule has 1 N–H and O–H groups in total. The number of nitrogens with zero attached hydrogens (tertiary/aromatic N) is 3. The Kier molecular flexibility index (Phi) is 3.78. The van der Waals surface area contributed by atoms with Gasteiger partial charge in [0.2, 0.25) is 5.88 Å². The number of ether oxygens (including phenoxy) is 1. The highest BCUT2D eigenvalue weighted by Crippen LogP contribution is 2.17. The van der Waals surface area contributed by atoms with Gasteiger partial charge in [0.05, 0.1) is 19.0 Å². The van der Waals surface area contributed by atoms with Gasteiger partial charge in [-0.1, -0.05) is 0 Å². The van der Waals surface area contributed by atoms with E-state index in [0.717, 1.165) is 18.9 Å². The number of nitrogens with one attached hydrogen (secondary N) is 1. The molecule has 0 spiro atoms. The summed E-state index contributed by atoms with van der Waals surface area (Å²) in [5.41, 5.74) is 0. The van der Waals surface area contributed by atoms with Crippen molar-refractivity contribution in [1.29, 1.82) is 0 Å². The van der Waals surface area contributed by atoms with Gasteiger partial charge in [0.1, 0.15) is 0 Å². The average molecular weight is 236 g/mol. The Labute approximate surface area is 102 Å². The van der Waals surface area contributed by atoms with Gasteiger partial charge in [0, 0.05) is 25.2 Å². The maximum atomic E-state index is 5.38. The summed E-state index contributed by atoms with van der Waals surface area (Å²) in [6.07, 6.45) is 3.45. The molecule has 2 rings (SSSR count). The molecule has 1 aliphatic rings. The molecule has 2 heterocycles. The highest BCUT2D eigenvalue weighted by molar-refractivity contribution is 5.38. The molecular formula is C12H20N4O. The summed E-state index contributed by atoms with van der Waals surface area (Å²) in [5, 5.41) is 3.50. The van der Waals surface area contributed by atoms with Crippen LogP contribution in [0.4, 0.5) is 5.82 Å². The number of aromatic nitrogens is 2. The van der Waals surface area contributed by atoms with E-state index in [0.29, 0.717) is 24.6 Å². The molecule has 5 heteroatoms. The lowest BCUT2D eigenvalue weighted by Crippen LogP contribution is -2.54. The first-order chi connectivity index (χ1) is 8.19. The summed E-state index contributed by atoms with van der Waals surface area (Å²) in [6.45, 7) is 8.84. The summed E-state index contributed by atoms with van der Waals surface area (Å²) in [4.78, 5) is 10.9. The molecule has 17 heavy (non-hydrogen) atoms. The Morgan fingerprint density at radius 1 is 1.35 bits per heavy atom. The van der Waals surface area contributed by atoms with Gasteiger partial charge in [-0.05, 0) is 20.8 Å². The van der Waals surface area contributed by atoms with E-state index < -0.39 is 0 Å². The van der Waals surface area contributed by atoms with Crippen molar-refractivity contribution < 1.29 is 4.74 Å². The van der Waals surface area contributed by atoms with Crippen molar-refractivity contribution in [1.82, 2.24) is 15.3 Å². The van der Waals surface area contributed by atoms with Gasteiger partial charge >= 0.3 is 0 Å². The van der Waals surface area contributed by atoms with Crippen LogP contribution in [0.15, 0.2) is 12.4 Å². The molecule has 2 atom stereocenters. The van der Waals surface area contributed by atoms with Crippen LogP contribution in [0.25, 0.3) is 0 Å². The quantitative estimate of drug-likeness (QED) is 0.850. The Morgan fingerprint density at radius 3 is 2.71 bits per heavy atom. The standard InChI is InChI=1S/C12H20N4O/c1-4-17-12-6-13-5-11(15-12)16-7-9(2)14-10(3)8-16/h5-6,9-10,14H,4,7-8H2,1-3H3. The van der Waals surface area contributed by atoms with Gasteiger partial charge in [-0.2, -0.15) is 4.98 Å². The van der Waals surface area contributed by atoms with Crippen LogP contribution < -0.4 is 15.0 Å². The lowest BCUT2D eigenvalue weighted by atomic mass is 10.1. The second kappa shape index (κ2) is 5.31. The minimum Gasteiger partial charge on any atom is -0.477 e. The van der Waals surface area contributed by atoms with Crippen LogP contribution in [0, 0.1) is 0 Å². The SMILES string of the molecule is CCOc1cncc(N2CC(C)NC(C)C2)n1. The fourth-order valence-corrected chi connectivity index (χ4v) is 2.22. The summed E-state index contributed by atoms with van der Waals surface area (Å²) in [7, 11) is 0. The van der Waals surface area contributed by atoms with Gasteiger partial charge < -0.3 is 15.0 Å². The van der Waals surface area contributed by atoms with Crippen molar-refractivity contribution in [3.05, 3.63) is 12.4 Å². The fraction of sp³-hybridized carbons (Fsp3) is 0.667. The molecule has 0 radical (unpaired) electrons. The second-order valence-corrected chi connectivity index (χ2v) is 4.52. The molecule has 94 valence electrons. The molecule has 0 aliphatic carbocycles. The van der Waals surface area contributed by atoms with Crippen molar-refractivity contribution in [2.45, 2.75) is 32.9 Å². The van der Waals surface area contributed by atoms with Gasteiger partial charge in [-0.15, -0.1) is 0 Å². The monoisotopic (exact) mass is 236 g/mol. The van der Waals surface area contributed by atoms with Crippen molar-refractivity contribution in [2.75, 3.05) is 24.6 Å². The normalized spacial score (nSPS) is 24.8. The Hall–Kier alpha value is -1.36. The average Bonchev–Trinajstić information content (AvgIpc) is 2.28. The van der Waals surface area contributed by atoms with Crippen LogP contribution in [0.5, 0.6) is 5.88 Å². The topological polar surface area (TPSA) is 50.3 Å². The van der Waals surface area contributed by atoms with E-state index in [4.69, 9.17) is 4.74 Å². The maximum Gasteiger partial charge on any atom is 0.234 e. The maximum absolute atomic E-state index is 5.38. The molecule has 2 unspecified atom stereocenters. The third kappa shape index (κ3) is 3.06. The number of rotatable bonds is 3. The van der Waals surface area contributed by atoms with Crippen LogP contribution in [0.2, 0.25) is 0 Å². The minimum atomic E-state index is 0.469. The van der Waals surface area contributed by atoms with Crippen LogP contribution >= 0.6 is 0 Å². The number of piperazine rings is 1. The third-order valence-electron chi connectivity index (χ3n) is 2.77. The summed E-state index contributed by atoms with van der Waals surface area (Å²) in [6, 6.07) is 0.938. The lowest BCUT2D eigenvalue weighted by Gasteiger charge is -2.36. The van der Waals surface area contributed by atoms with Crippen molar-refractivity contribution in [2.24, 2.45) is 0 Å². The van der Waals surface area contributed by atoms with E-state index in [1.54, 1.807) is 12.4 Å². The van der Waals surface area contributed by atoms with Crippen LogP contribution in [0.1, 0.15) is 20.8 Å². The molecule has 0 saturated carbocycles. The summed E-state index contributed by atoms with van der Waals surface area (Å²) < 4.78 is 5.38. The van der Waals surface area contributed by atoms with Crippen LogP contribution in [0.3, 0.4) is 0 Å². The van der Waals surface area contributed by atoms with E-state index in [1.165, 1.54) is 0 Å². The Bertz CT molecular complexity index is 361. The summed E-state index contributed by atoms with van der Waals surface area (Å²) >= 11 is 0. The predicted molar refractivity (Wildman–Crippen MR) is 67.5 cm³/mol. The highest BCUT2D eigenvalue weighted by Gasteiger charge is 2.22. The van der Waals surface area contributed by atoms with Crippen molar-refractivity contribution >= 4 is 5.82 Å². The molecule has 1 aromatic heterocycles. The van der Waals surface area contributed by atoms with E-state index in [1.807, 2.05) is 6.92 Å². The molecule has 5 nitrogen and oxygen atoms in total. The van der Waals surface area contributed by atoms with Gasteiger partial charge in [-0.25, -0.2) is 0 Å². The molecule has 1 saturated heterocycles. The molecule has 0 bridgehead atoms. The van der Waals surface area contributed by atoms with Gasteiger partial charge in [0.25, 0.3) is 0 Å². The molecular weight excluding hydrogens is 216 g/mol. The van der Waals surface area contributed by atoms with Gasteiger partial charge in [0.15, 0.2) is 5.82 Å². The Morgan fingerprint density at radius 2 is 2.06 bits per heavy atom. The highest BCUT2D eigenvalue weighted by atomic mass is 16.5. The van der Waals surface area contributed by atoms with Gasteiger partial charge in [-0.3, -0.25) is 4.98 Å². The van der Waals surface area contributed by atoms with E-state index in [-0.39, 0.29) is 0 Å². The van der Waals surface area contributed by atoms with Crippen LogP contribution in [-0.2, 0) is 0 Å². The minimum absolute atomic E-state index is 0.469.